The van der Waals surface area contributed by atoms with Crippen molar-refractivity contribution in [3.8, 4) is 0 Å². The summed E-state index contributed by atoms with van der Waals surface area (Å²) in [7, 11) is 0. The maximum atomic E-state index is 12.8. The lowest BCUT2D eigenvalue weighted by molar-refractivity contribution is -0.135. The van der Waals surface area contributed by atoms with Gasteiger partial charge in [-0.3, -0.25) is 4.79 Å². The highest BCUT2D eigenvalue weighted by Crippen LogP contribution is 2.52. The van der Waals surface area contributed by atoms with E-state index < -0.39 is 0 Å². The number of esters is 1. The number of fused-ring (bicyclic) bond motifs is 3. The van der Waals surface area contributed by atoms with Crippen molar-refractivity contribution in [2.45, 2.75) is 71.8 Å². The van der Waals surface area contributed by atoms with Gasteiger partial charge in [-0.2, -0.15) is 0 Å². The first-order chi connectivity index (χ1) is 12.7. The average Bonchev–Trinajstić information content (AvgIpc) is 2.87. The molecule has 1 heterocycles. The zero-order chi connectivity index (χ0) is 19.2. The van der Waals surface area contributed by atoms with Gasteiger partial charge in [-0.15, -0.1) is 0 Å². The Balaban J connectivity index is 1.38. The van der Waals surface area contributed by atoms with Gasteiger partial charge in [-0.1, -0.05) is 26.8 Å². The van der Waals surface area contributed by atoms with Crippen molar-refractivity contribution in [3.63, 3.8) is 0 Å². The van der Waals surface area contributed by atoms with E-state index in [2.05, 4.69) is 20.8 Å². The SMILES string of the molecule is CC1(C)C[C@H]2C[C@](C)(CN2C(=O)COC(=O)c2ccc3c(c2)CCCC3)C1. The molecule has 1 aromatic carbocycles. The van der Waals surface area contributed by atoms with E-state index in [9.17, 15) is 9.59 Å². The van der Waals surface area contributed by atoms with Crippen molar-refractivity contribution in [2.75, 3.05) is 13.2 Å². The van der Waals surface area contributed by atoms with Crippen molar-refractivity contribution < 1.29 is 14.3 Å². The van der Waals surface area contributed by atoms with Gasteiger partial charge in [0.1, 0.15) is 0 Å². The Morgan fingerprint density at radius 1 is 1.11 bits per heavy atom. The second-order valence-corrected chi connectivity index (χ2v) is 10.0. The predicted octanol–water partition coefficient (Wildman–Crippen LogP) is 4.15. The van der Waals surface area contributed by atoms with Crippen molar-refractivity contribution in [1.82, 2.24) is 4.90 Å². The van der Waals surface area contributed by atoms with E-state index in [1.807, 2.05) is 23.1 Å². The molecule has 3 aliphatic rings. The normalized spacial score (nSPS) is 28.6. The molecule has 1 saturated heterocycles. The minimum absolute atomic E-state index is 0.0484. The number of carbonyl (C=O) groups excluding carboxylic acids is 2. The molecule has 1 aromatic rings. The fourth-order valence-electron chi connectivity index (χ4n) is 5.91. The molecule has 2 bridgehead atoms. The lowest BCUT2D eigenvalue weighted by Crippen LogP contribution is -2.39. The smallest absolute Gasteiger partial charge is 0.338 e. The number of rotatable bonds is 3. The Morgan fingerprint density at radius 2 is 1.85 bits per heavy atom. The number of ether oxygens (including phenoxy) is 1. The van der Waals surface area contributed by atoms with Gasteiger partial charge >= 0.3 is 5.97 Å². The fourth-order valence-corrected chi connectivity index (χ4v) is 5.91. The zero-order valence-electron chi connectivity index (χ0n) is 16.8. The lowest BCUT2D eigenvalue weighted by Gasteiger charge is -2.39. The highest BCUT2D eigenvalue weighted by Gasteiger charge is 2.50. The first kappa shape index (κ1) is 18.5. The number of benzene rings is 1. The Labute approximate surface area is 162 Å². The van der Waals surface area contributed by atoms with E-state index in [0.717, 1.165) is 38.6 Å². The summed E-state index contributed by atoms with van der Waals surface area (Å²) in [6, 6.07) is 6.12. The molecule has 0 spiro atoms. The zero-order valence-corrected chi connectivity index (χ0v) is 16.8. The monoisotopic (exact) mass is 369 g/mol. The molecule has 1 amide bonds. The molecule has 146 valence electrons. The van der Waals surface area contributed by atoms with Gasteiger partial charge in [0, 0.05) is 12.6 Å². The molecule has 4 nitrogen and oxygen atoms in total. The molecule has 2 atom stereocenters. The molecule has 4 heteroatoms. The molecule has 0 N–H and O–H groups in total. The van der Waals surface area contributed by atoms with E-state index in [4.69, 9.17) is 4.74 Å². The number of carbonyl (C=O) groups is 2. The third-order valence-corrected chi connectivity index (χ3v) is 6.65. The molecule has 1 aliphatic heterocycles. The molecule has 2 aliphatic carbocycles. The number of hydrogen-bond acceptors (Lipinski definition) is 3. The minimum Gasteiger partial charge on any atom is -0.452 e. The van der Waals surface area contributed by atoms with Crippen LogP contribution in [0.4, 0.5) is 0 Å². The quantitative estimate of drug-likeness (QED) is 0.752. The summed E-state index contributed by atoms with van der Waals surface area (Å²) in [4.78, 5) is 27.2. The van der Waals surface area contributed by atoms with Crippen molar-refractivity contribution in [1.29, 1.82) is 0 Å². The summed E-state index contributed by atoms with van der Waals surface area (Å²) >= 11 is 0. The topological polar surface area (TPSA) is 46.6 Å². The molecule has 4 rings (SSSR count). The maximum absolute atomic E-state index is 12.8. The first-order valence-electron chi connectivity index (χ1n) is 10.3. The van der Waals surface area contributed by atoms with Crippen LogP contribution in [0.2, 0.25) is 0 Å². The van der Waals surface area contributed by atoms with Gasteiger partial charge in [0.2, 0.25) is 0 Å². The summed E-state index contributed by atoms with van der Waals surface area (Å²) in [5.41, 5.74) is 3.63. The second-order valence-electron chi connectivity index (χ2n) is 10.0. The maximum Gasteiger partial charge on any atom is 0.338 e. The van der Waals surface area contributed by atoms with E-state index in [0.29, 0.717) is 5.56 Å². The predicted molar refractivity (Wildman–Crippen MR) is 105 cm³/mol. The highest BCUT2D eigenvalue weighted by molar-refractivity contribution is 5.91. The fraction of sp³-hybridized carbons (Fsp3) is 0.652. The van der Waals surface area contributed by atoms with Gasteiger partial charge in [0.25, 0.3) is 5.91 Å². The van der Waals surface area contributed by atoms with Crippen LogP contribution in [0.1, 0.15) is 74.4 Å². The Hall–Kier alpha value is -1.84. The molecule has 2 fully saturated rings. The van der Waals surface area contributed by atoms with Gasteiger partial charge in [-0.25, -0.2) is 4.79 Å². The third-order valence-electron chi connectivity index (χ3n) is 6.65. The van der Waals surface area contributed by atoms with Crippen molar-refractivity contribution in [3.05, 3.63) is 34.9 Å². The Morgan fingerprint density at radius 3 is 2.63 bits per heavy atom. The van der Waals surface area contributed by atoms with Crippen LogP contribution < -0.4 is 0 Å². The van der Waals surface area contributed by atoms with Crippen LogP contribution in [0, 0.1) is 10.8 Å². The number of nitrogens with zero attached hydrogens (tertiary/aromatic N) is 1. The number of aryl methyl sites for hydroxylation is 2. The summed E-state index contributed by atoms with van der Waals surface area (Å²) in [5.74, 6) is -0.432. The summed E-state index contributed by atoms with van der Waals surface area (Å²) in [6.07, 6.45) is 7.77. The van der Waals surface area contributed by atoms with Crippen LogP contribution >= 0.6 is 0 Å². The first-order valence-corrected chi connectivity index (χ1v) is 10.3. The molecule has 0 unspecified atom stereocenters. The summed E-state index contributed by atoms with van der Waals surface area (Å²) in [5, 5.41) is 0. The van der Waals surface area contributed by atoms with E-state index in [1.165, 1.54) is 24.0 Å². The summed E-state index contributed by atoms with van der Waals surface area (Å²) in [6.45, 7) is 7.51. The van der Waals surface area contributed by atoms with E-state index >= 15 is 0 Å². The van der Waals surface area contributed by atoms with Crippen LogP contribution in [0.25, 0.3) is 0 Å². The van der Waals surface area contributed by atoms with E-state index in [1.54, 1.807) is 0 Å². The lowest BCUT2D eigenvalue weighted by atomic mass is 9.65. The molecular formula is C23H31NO3. The standard InChI is InChI=1S/C23H31NO3/c1-22(2)11-19-12-23(3,14-22)15-24(19)20(25)13-27-21(26)18-9-8-16-6-4-5-7-17(16)10-18/h8-10,19H,4-7,11-15H2,1-3H3/t19-,23-/m0/s1. The van der Waals surface area contributed by atoms with E-state index in [-0.39, 0.29) is 35.4 Å². The van der Waals surface area contributed by atoms with Crippen molar-refractivity contribution in [2.24, 2.45) is 10.8 Å². The van der Waals surface area contributed by atoms with Gasteiger partial charge < -0.3 is 9.64 Å². The molecular weight excluding hydrogens is 338 g/mol. The highest BCUT2D eigenvalue weighted by atomic mass is 16.5. The Kier molecular flexibility index (Phi) is 4.56. The van der Waals surface area contributed by atoms with Crippen LogP contribution in [0.3, 0.4) is 0 Å². The third kappa shape index (κ3) is 3.76. The molecule has 27 heavy (non-hydrogen) atoms. The van der Waals surface area contributed by atoms with Gasteiger partial charge in [-0.05, 0) is 79.0 Å². The second kappa shape index (κ2) is 6.65. The van der Waals surface area contributed by atoms with Crippen LogP contribution in [-0.2, 0) is 22.4 Å². The minimum atomic E-state index is -0.384. The number of amides is 1. The van der Waals surface area contributed by atoms with Gasteiger partial charge in [0.15, 0.2) is 6.61 Å². The number of hydrogen-bond donors (Lipinski definition) is 0. The molecule has 0 aromatic heterocycles. The van der Waals surface area contributed by atoms with Crippen LogP contribution in [0.5, 0.6) is 0 Å². The largest absolute Gasteiger partial charge is 0.452 e. The van der Waals surface area contributed by atoms with Gasteiger partial charge in [0.05, 0.1) is 5.56 Å². The average molecular weight is 370 g/mol. The van der Waals surface area contributed by atoms with Crippen LogP contribution in [-0.4, -0.2) is 36.0 Å². The molecule has 1 saturated carbocycles. The van der Waals surface area contributed by atoms with Crippen LogP contribution in [0.15, 0.2) is 18.2 Å². The van der Waals surface area contributed by atoms with Crippen molar-refractivity contribution >= 4 is 11.9 Å². The summed E-state index contributed by atoms with van der Waals surface area (Å²) < 4.78 is 5.40. The Bertz CT molecular complexity index is 769. The number of likely N-dealkylation sites (tertiary alicyclic amines) is 1. The molecule has 0 radical (unpaired) electrons.